The molecule has 0 fully saturated rings. The molecule has 0 spiro atoms. The molecule has 0 amide bonds. The molecular formula is C35H21N7. The minimum absolute atomic E-state index is 0.597. The third-order valence-electron chi connectivity index (χ3n) is 7.88. The fourth-order valence-electron chi connectivity index (χ4n) is 6.01. The van der Waals surface area contributed by atoms with Gasteiger partial charge in [-0.3, -0.25) is 8.80 Å². The maximum absolute atomic E-state index is 5.08. The molecule has 42 heavy (non-hydrogen) atoms. The molecule has 5 aromatic carbocycles. The van der Waals surface area contributed by atoms with E-state index in [9.17, 15) is 0 Å². The monoisotopic (exact) mass is 539 g/mol. The van der Waals surface area contributed by atoms with Crippen LogP contribution in [0.5, 0.6) is 0 Å². The second kappa shape index (κ2) is 8.78. The summed E-state index contributed by atoms with van der Waals surface area (Å²) in [5, 5.41) is 2.13. The summed E-state index contributed by atoms with van der Waals surface area (Å²) in [4.78, 5) is 24.6. The van der Waals surface area contributed by atoms with Crippen LogP contribution >= 0.6 is 0 Å². The van der Waals surface area contributed by atoms with Crippen molar-refractivity contribution in [2.75, 3.05) is 0 Å². The summed E-state index contributed by atoms with van der Waals surface area (Å²) in [5.74, 6) is 1.85. The van der Waals surface area contributed by atoms with Gasteiger partial charge in [0.25, 0.3) is 0 Å². The number of hydrogen-bond acceptors (Lipinski definition) is 5. The molecular weight excluding hydrogens is 518 g/mol. The lowest BCUT2D eigenvalue weighted by Gasteiger charge is -2.13. The summed E-state index contributed by atoms with van der Waals surface area (Å²) < 4.78 is 4.34. The van der Waals surface area contributed by atoms with Crippen LogP contribution in [0.1, 0.15) is 0 Å². The first-order valence-corrected chi connectivity index (χ1v) is 13.8. The van der Waals surface area contributed by atoms with Gasteiger partial charge in [-0.2, -0.15) is 0 Å². The molecule has 9 rings (SSSR count). The van der Waals surface area contributed by atoms with Crippen LogP contribution in [0.2, 0.25) is 0 Å². The van der Waals surface area contributed by atoms with Gasteiger partial charge in [-0.25, -0.2) is 24.9 Å². The third-order valence-corrected chi connectivity index (χ3v) is 7.88. The molecule has 196 valence electrons. The van der Waals surface area contributed by atoms with Crippen molar-refractivity contribution in [1.82, 2.24) is 33.7 Å². The second-order valence-corrected chi connectivity index (χ2v) is 10.3. The van der Waals surface area contributed by atoms with E-state index in [1.165, 1.54) is 0 Å². The molecule has 0 unspecified atom stereocenters. The summed E-state index contributed by atoms with van der Waals surface area (Å²) in [5.41, 5.74) is 8.64. The lowest BCUT2D eigenvalue weighted by atomic mass is 10.0. The standard InChI is InChI=1S/C35H21N7/c1-3-10-22(11-4-1)33-38-34(23-12-5-2-6-13-23)40-35(39-33)26-16-7-14-24-25-15-8-17-27-31(25)41(20-36-27)29-19-9-18-28-32(29)42(21-37-28)30(24)26/h1-21H. The number of hydrogen-bond donors (Lipinski definition) is 0. The maximum atomic E-state index is 5.08. The van der Waals surface area contributed by atoms with E-state index in [-0.39, 0.29) is 0 Å². The van der Waals surface area contributed by atoms with Crippen molar-refractivity contribution < 1.29 is 0 Å². The van der Waals surface area contributed by atoms with E-state index < -0.39 is 0 Å². The topological polar surface area (TPSA) is 73.3 Å². The molecule has 0 atom stereocenters. The normalized spacial score (nSPS) is 11.8. The summed E-state index contributed by atoms with van der Waals surface area (Å²) in [6.45, 7) is 0. The Bertz CT molecular complexity index is 2400. The zero-order chi connectivity index (χ0) is 27.6. The van der Waals surface area contributed by atoms with E-state index in [0.717, 1.165) is 60.6 Å². The Labute approximate surface area is 239 Å². The summed E-state index contributed by atoms with van der Waals surface area (Å²) in [6, 6.07) is 38.9. The molecule has 7 heteroatoms. The van der Waals surface area contributed by atoms with E-state index in [2.05, 4.69) is 51.3 Å². The molecule has 4 aromatic heterocycles. The minimum Gasteiger partial charge on any atom is -0.296 e. The molecule has 0 saturated carbocycles. The lowest BCUT2D eigenvalue weighted by molar-refractivity contribution is 1.07. The van der Waals surface area contributed by atoms with Crippen molar-refractivity contribution in [1.29, 1.82) is 0 Å². The van der Waals surface area contributed by atoms with Crippen LogP contribution in [0.4, 0.5) is 0 Å². The number of aromatic nitrogens is 7. The molecule has 9 aromatic rings. The number of fused-ring (bicyclic) bond motifs is 4. The molecule has 0 radical (unpaired) electrons. The predicted octanol–water partition coefficient (Wildman–Crippen LogP) is 7.63. The molecule has 0 aliphatic carbocycles. The van der Waals surface area contributed by atoms with Crippen LogP contribution in [-0.2, 0) is 0 Å². The second-order valence-electron chi connectivity index (χ2n) is 10.3. The van der Waals surface area contributed by atoms with Gasteiger partial charge in [0.15, 0.2) is 17.5 Å². The van der Waals surface area contributed by atoms with E-state index in [4.69, 9.17) is 24.9 Å². The third kappa shape index (κ3) is 3.31. The van der Waals surface area contributed by atoms with Crippen molar-refractivity contribution in [3.8, 4) is 34.2 Å². The molecule has 0 aliphatic rings. The van der Waals surface area contributed by atoms with Crippen LogP contribution < -0.4 is 0 Å². The summed E-state index contributed by atoms with van der Waals surface area (Å²) in [6.07, 6.45) is 3.80. The zero-order valence-electron chi connectivity index (χ0n) is 22.3. The summed E-state index contributed by atoms with van der Waals surface area (Å²) in [7, 11) is 0. The van der Waals surface area contributed by atoms with Gasteiger partial charge in [-0.15, -0.1) is 0 Å². The van der Waals surface area contributed by atoms with Crippen LogP contribution in [-0.4, -0.2) is 33.7 Å². The fourth-order valence-corrected chi connectivity index (χ4v) is 6.01. The minimum atomic E-state index is 0.597. The highest BCUT2D eigenvalue weighted by molar-refractivity contribution is 6.14. The van der Waals surface area contributed by atoms with Crippen LogP contribution in [0, 0.1) is 0 Å². The van der Waals surface area contributed by atoms with E-state index in [1.54, 1.807) is 0 Å². The average molecular weight is 540 g/mol. The Morgan fingerprint density at radius 1 is 0.405 bits per heavy atom. The first kappa shape index (κ1) is 22.8. The molecule has 0 bridgehead atoms. The molecule has 4 heterocycles. The summed E-state index contributed by atoms with van der Waals surface area (Å²) >= 11 is 0. The number of nitrogens with zero attached hydrogens (tertiary/aromatic N) is 7. The molecule has 0 saturated heterocycles. The smallest absolute Gasteiger partial charge is 0.166 e. The largest absolute Gasteiger partial charge is 0.296 e. The van der Waals surface area contributed by atoms with Crippen molar-refractivity contribution >= 4 is 43.9 Å². The highest BCUT2D eigenvalue weighted by atomic mass is 15.1. The maximum Gasteiger partial charge on any atom is 0.166 e. The van der Waals surface area contributed by atoms with Crippen molar-refractivity contribution in [2.24, 2.45) is 0 Å². The van der Waals surface area contributed by atoms with Gasteiger partial charge in [0, 0.05) is 27.5 Å². The zero-order valence-corrected chi connectivity index (χ0v) is 22.3. The number of para-hydroxylation sites is 3. The SMILES string of the molecule is c1ccc(-c2nc(-c3ccccc3)nc(-c3cccc4c5cccc6ncn(c7cccc8ncn(c34)c87)c65)n2)cc1. The molecule has 0 aliphatic heterocycles. The van der Waals surface area contributed by atoms with Crippen molar-refractivity contribution in [2.45, 2.75) is 0 Å². The van der Waals surface area contributed by atoms with E-state index >= 15 is 0 Å². The van der Waals surface area contributed by atoms with Gasteiger partial charge >= 0.3 is 0 Å². The van der Waals surface area contributed by atoms with E-state index in [1.807, 2.05) is 85.5 Å². The fraction of sp³-hybridized carbons (Fsp3) is 0. The first-order chi connectivity index (χ1) is 20.8. The average Bonchev–Trinajstić information content (AvgIpc) is 3.69. The van der Waals surface area contributed by atoms with Crippen molar-refractivity contribution in [3.05, 3.63) is 128 Å². The Hall–Kier alpha value is -5.95. The Morgan fingerprint density at radius 2 is 0.952 bits per heavy atom. The van der Waals surface area contributed by atoms with Crippen LogP contribution in [0.25, 0.3) is 78.0 Å². The highest BCUT2D eigenvalue weighted by Gasteiger charge is 2.19. The first-order valence-electron chi connectivity index (χ1n) is 13.8. The predicted molar refractivity (Wildman–Crippen MR) is 166 cm³/mol. The highest BCUT2D eigenvalue weighted by Crippen LogP contribution is 2.35. The molecule has 0 N–H and O–H groups in total. The van der Waals surface area contributed by atoms with Crippen LogP contribution in [0.15, 0.2) is 128 Å². The van der Waals surface area contributed by atoms with Gasteiger partial charge in [-0.05, 0) is 24.3 Å². The Balaban J connectivity index is 1.48. The van der Waals surface area contributed by atoms with Gasteiger partial charge < -0.3 is 0 Å². The van der Waals surface area contributed by atoms with Gasteiger partial charge in [0.05, 0.1) is 33.1 Å². The Morgan fingerprint density at radius 3 is 1.64 bits per heavy atom. The van der Waals surface area contributed by atoms with Crippen molar-refractivity contribution in [3.63, 3.8) is 0 Å². The lowest BCUT2D eigenvalue weighted by Crippen LogP contribution is -2.02. The van der Waals surface area contributed by atoms with Crippen LogP contribution in [0.3, 0.4) is 0 Å². The number of rotatable bonds is 3. The number of benzene rings is 5. The quantitative estimate of drug-likeness (QED) is 0.231. The van der Waals surface area contributed by atoms with Gasteiger partial charge in [-0.1, -0.05) is 91.0 Å². The Kier molecular flexibility index (Phi) is 4.77. The van der Waals surface area contributed by atoms with Gasteiger partial charge in [0.2, 0.25) is 0 Å². The van der Waals surface area contributed by atoms with E-state index in [0.29, 0.717) is 17.5 Å². The molecule has 7 nitrogen and oxygen atoms in total. The number of imidazole rings is 2. The van der Waals surface area contributed by atoms with Gasteiger partial charge in [0.1, 0.15) is 12.7 Å².